The van der Waals surface area contributed by atoms with E-state index in [2.05, 4.69) is 38.4 Å². The predicted molar refractivity (Wildman–Crippen MR) is 91.8 cm³/mol. The monoisotopic (exact) mass is 322 g/mol. The van der Waals surface area contributed by atoms with Gasteiger partial charge in [-0.1, -0.05) is 41.9 Å². The number of pyridine rings is 1. The van der Waals surface area contributed by atoms with Crippen LogP contribution >= 0.6 is 11.6 Å². The maximum atomic E-state index is 6.41. The van der Waals surface area contributed by atoms with Crippen LogP contribution < -0.4 is 0 Å². The summed E-state index contributed by atoms with van der Waals surface area (Å²) in [6.07, 6.45) is 3.80. The van der Waals surface area contributed by atoms with E-state index in [1.807, 2.05) is 37.4 Å². The summed E-state index contributed by atoms with van der Waals surface area (Å²) < 4.78 is 0. The lowest BCUT2D eigenvalue weighted by atomic mass is 9.85. The molecule has 3 heterocycles. The number of fused-ring (bicyclic) bond motifs is 1. The molecule has 4 nitrogen and oxygen atoms in total. The Bertz CT molecular complexity index is 936. The normalized spacial score (nSPS) is 12.6. The van der Waals surface area contributed by atoms with Gasteiger partial charge < -0.3 is 4.98 Å². The van der Waals surface area contributed by atoms with Crippen LogP contribution in [0.5, 0.6) is 0 Å². The van der Waals surface area contributed by atoms with Crippen molar-refractivity contribution in [1.82, 2.24) is 20.2 Å². The van der Waals surface area contributed by atoms with E-state index < -0.39 is 0 Å². The molecule has 1 aromatic carbocycles. The third kappa shape index (κ3) is 2.32. The number of aromatic amines is 2. The van der Waals surface area contributed by atoms with Gasteiger partial charge in [-0.2, -0.15) is 5.10 Å². The highest BCUT2D eigenvalue weighted by atomic mass is 35.5. The van der Waals surface area contributed by atoms with Crippen molar-refractivity contribution in [2.45, 2.75) is 12.8 Å². The quantitative estimate of drug-likeness (QED) is 0.586. The van der Waals surface area contributed by atoms with E-state index in [0.29, 0.717) is 5.15 Å². The maximum Gasteiger partial charge on any atom is 0.137 e. The number of rotatable bonds is 3. The molecule has 4 rings (SSSR count). The minimum Gasteiger partial charge on any atom is -0.346 e. The molecule has 0 aliphatic heterocycles. The number of halogens is 1. The first-order valence-corrected chi connectivity index (χ1v) is 7.81. The van der Waals surface area contributed by atoms with Crippen LogP contribution in [0.15, 0.2) is 54.9 Å². The smallest absolute Gasteiger partial charge is 0.137 e. The van der Waals surface area contributed by atoms with Crippen LogP contribution in [0, 0.1) is 6.92 Å². The lowest BCUT2D eigenvalue weighted by Gasteiger charge is -2.17. The van der Waals surface area contributed by atoms with Gasteiger partial charge in [0, 0.05) is 29.3 Å². The summed E-state index contributed by atoms with van der Waals surface area (Å²) in [5.41, 5.74) is 5.10. The van der Waals surface area contributed by atoms with Crippen LogP contribution in [0.2, 0.25) is 5.15 Å². The number of nitrogens with zero attached hydrogens (tertiary/aromatic N) is 2. The number of hydrogen-bond donors (Lipinski definition) is 2. The second-order valence-electron chi connectivity index (χ2n) is 5.52. The van der Waals surface area contributed by atoms with E-state index in [1.165, 1.54) is 5.56 Å². The summed E-state index contributed by atoms with van der Waals surface area (Å²) >= 11 is 6.41. The SMILES string of the molecule is Cc1n[nH]c(Cl)c1C(c1ccccc1)c1c[nH]c2ncccc12. The zero-order valence-corrected chi connectivity index (χ0v) is 13.3. The molecule has 0 fully saturated rings. The van der Waals surface area contributed by atoms with Gasteiger partial charge in [-0.15, -0.1) is 0 Å². The van der Waals surface area contributed by atoms with Gasteiger partial charge in [-0.3, -0.25) is 5.10 Å². The van der Waals surface area contributed by atoms with E-state index in [1.54, 1.807) is 6.20 Å². The fraction of sp³-hybridized carbons (Fsp3) is 0.111. The van der Waals surface area contributed by atoms with E-state index in [-0.39, 0.29) is 5.92 Å². The Morgan fingerprint density at radius 2 is 1.91 bits per heavy atom. The van der Waals surface area contributed by atoms with Crippen LogP contribution in [0.3, 0.4) is 0 Å². The summed E-state index contributed by atoms with van der Waals surface area (Å²) in [6.45, 7) is 1.97. The molecule has 1 atom stereocenters. The number of H-pyrrole nitrogens is 2. The van der Waals surface area contributed by atoms with Gasteiger partial charge in [0.15, 0.2) is 0 Å². The molecule has 114 valence electrons. The second-order valence-corrected chi connectivity index (χ2v) is 5.90. The molecular formula is C18H15ClN4. The van der Waals surface area contributed by atoms with E-state index >= 15 is 0 Å². The molecule has 23 heavy (non-hydrogen) atoms. The van der Waals surface area contributed by atoms with Crippen LogP contribution in [0.4, 0.5) is 0 Å². The first-order chi connectivity index (χ1) is 11.3. The number of hydrogen-bond acceptors (Lipinski definition) is 2. The minimum atomic E-state index is 0.000370. The Kier molecular flexibility index (Phi) is 3.39. The Hall–Kier alpha value is -2.59. The standard InChI is InChI=1S/C18H15ClN4/c1-11-15(17(19)23-22-11)16(12-6-3-2-4-7-12)14-10-21-18-13(14)8-5-9-20-18/h2-10,16H,1H3,(H,20,21)(H,22,23). The average molecular weight is 323 g/mol. The predicted octanol–water partition coefficient (Wildman–Crippen LogP) is 4.43. The van der Waals surface area contributed by atoms with Gasteiger partial charge in [-0.25, -0.2) is 4.98 Å². The van der Waals surface area contributed by atoms with Crippen LogP contribution in [-0.4, -0.2) is 20.2 Å². The van der Waals surface area contributed by atoms with Crippen molar-refractivity contribution < 1.29 is 0 Å². The Balaban J connectivity index is 2.00. The largest absolute Gasteiger partial charge is 0.346 e. The summed E-state index contributed by atoms with van der Waals surface area (Å²) in [7, 11) is 0. The summed E-state index contributed by atoms with van der Waals surface area (Å²) in [5, 5.41) is 8.83. The second kappa shape index (κ2) is 5.56. The molecule has 0 saturated carbocycles. The first kappa shape index (κ1) is 14.0. The van der Waals surface area contributed by atoms with Gasteiger partial charge in [0.05, 0.1) is 5.69 Å². The molecule has 0 amide bonds. The van der Waals surface area contributed by atoms with Crippen LogP contribution in [-0.2, 0) is 0 Å². The van der Waals surface area contributed by atoms with Crippen molar-refractivity contribution in [3.8, 4) is 0 Å². The highest BCUT2D eigenvalue weighted by molar-refractivity contribution is 6.30. The van der Waals surface area contributed by atoms with Crippen molar-refractivity contribution in [2.75, 3.05) is 0 Å². The number of aromatic nitrogens is 4. The molecule has 1 unspecified atom stereocenters. The van der Waals surface area contributed by atoms with E-state index in [0.717, 1.165) is 27.9 Å². The molecule has 5 heteroatoms. The van der Waals surface area contributed by atoms with Gasteiger partial charge in [-0.05, 0) is 30.2 Å². The molecular weight excluding hydrogens is 308 g/mol. The van der Waals surface area contributed by atoms with Gasteiger partial charge in [0.1, 0.15) is 10.8 Å². The summed E-state index contributed by atoms with van der Waals surface area (Å²) in [6, 6.07) is 14.4. The maximum absolute atomic E-state index is 6.41. The van der Waals surface area contributed by atoms with E-state index in [9.17, 15) is 0 Å². The van der Waals surface area contributed by atoms with Crippen molar-refractivity contribution in [3.63, 3.8) is 0 Å². The third-order valence-corrected chi connectivity index (χ3v) is 4.45. The number of nitrogens with one attached hydrogen (secondary N) is 2. The van der Waals surface area contributed by atoms with Crippen LogP contribution in [0.25, 0.3) is 11.0 Å². The molecule has 0 aliphatic rings. The van der Waals surface area contributed by atoms with Crippen molar-refractivity contribution >= 4 is 22.6 Å². The fourth-order valence-electron chi connectivity index (χ4n) is 3.11. The lowest BCUT2D eigenvalue weighted by molar-refractivity contribution is 0.969. The summed E-state index contributed by atoms with van der Waals surface area (Å²) in [4.78, 5) is 7.65. The number of aryl methyl sites for hydroxylation is 1. The fourth-order valence-corrected chi connectivity index (χ4v) is 3.40. The molecule has 0 bridgehead atoms. The van der Waals surface area contributed by atoms with Gasteiger partial charge in [0.25, 0.3) is 0 Å². The van der Waals surface area contributed by atoms with Gasteiger partial charge in [0.2, 0.25) is 0 Å². The molecule has 3 aromatic heterocycles. The van der Waals surface area contributed by atoms with Crippen molar-refractivity contribution in [2.24, 2.45) is 0 Å². The van der Waals surface area contributed by atoms with Crippen molar-refractivity contribution in [3.05, 3.63) is 82.4 Å². The molecule has 4 aromatic rings. The van der Waals surface area contributed by atoms with E-state index in [4.69, 9.17) is 11.6 Å². The van der Waals surface area contributed by atoms with Gasteiger partial charge >= 0.3 is 0 Å². The van der Waals surface area contributed by atoms with Crippen molar-refractivity contribution in [1.29, 1.82) is 0 Å². The Labute approximate surface area is 138 Å². The first-order valence-electron chi connectivity index (χ1n) is 7.43. The Morgan fingerprint density at radius 3 is 2.65 bits per heavy atom. The molecule has 2 N–H and O–H groups in total. The topological polar surface area (TPSA) is 57.4 Å². The summed E-state index contributed by atoms with van der Waals surface area (Å²) in [5.74, 6) is 0.000370. The van der Waals surface area contributed by atoms with Crippen LogP contribution in [0.1, 0.15) is 28.3 Å². The molecule has 0 saturated heterocycles. The molecule has 0 radical (unpaired) electrons. The minimum absolute atomic E-state index is 0.000370. The highest BCUT2D eigenvalue weighted by Crippen LogP contribution is 2.39. The highest BCUT2D eigenvalue weighted by Gasteiger charge is 2.25. The molecule has 0 aliphatic carbocycles. The third-order valence-electron chi connectivity index (χ3n) is 4.16. The molecule has 0 spiro atoms. The zero-order chi connectivity index (χ0) is 15.8. The number of benzene rings is 1. The zero-order valence-electron chi connectivity index (χ0n) is 12.5. The Morgan fingerprint density at radius 1 is 1.09 bits per heavy atom. The average Bonchev–Trinajstić information content (AvgIpc) is 3.15. The lowest BCUT2D eigenvalue weighted by Crippen LogP contribution is -2.04.